The summed E-state index contributed by atoms with van der Waals surface area (Å²) in [7, 11) is 0. The van der Waals surface area contributed by atoms with Crippen LogP contribution in [0.4, 0.5) is 5.82 Å². The summed E-state index contributed by atoms with van der Waals surface area (Å²) in [5.41, 5.74) is 1.24. The van der Waals surface area contributed by atoms with Gasteiger partial charge in [0, 0.05) is 49.9 Å². The third kappa shape index (κ3) is 5.18. The lowest BCUT2D eigenvalue weighted by molar-refractivity contribution is -0.134. The Morgan fingerprint density at radius 2 is 1.91 bits per heavy atom. The maximum atomic E-state index is 13.6. The van der Waals surface area contributed by atoms with Gasteiger partial charge in [0.1, 0.15) is 30.3 Å². The van der Waals surface area contributed by atoms with E-state index < -0.39 is 6.04 Å². The third-order valence-electron chi connectivity index (χ3n) is 6.67. The fraction of sp³-hybridized carbons (Fsp3) is 0.423. The first kappa shape index (κ1) is 23.0. The van der Waals surface area contributed by atoms with Gasteiger partial charge in [0.2, 0.25) is 11.8 Å². The van der Waals surface area contributed by atoms with Gasteiger partial charge in [-0.2, -0.15) is 0 Å². The predicted molar refractivity (Wildman–Crippen MR) is 132 cm³/mol. The van der Waals surface area contributed by atoms with Gasteiger partial charge in [0.25, 0.3) is 0 Å². The highest BCUT2D eigenvalue weighted by molar-refractivity contribution is 5.87. The maximum absolute atomic E-state index is 13.6. The molecule has 3 unspecified atom stereocenters. The van der Waals surface area contributed by atoms with Gasteiger partial charge in [-0.15, -0.1) is 0 Å². The van der Waals surface area contributed by atoms with E-state index in [9.17, 15) is 9.59 Å². The van der Waals surface area contributed by atoms with Crippen molar-refractivity contribution in [2.75, 3.05) is 24.5 Å². The fourth-order valence-corrected chi connectivity index (χ4v) is 4.72. The second kappa shape index (κ2) is 9.85. The monoisotopic (exact) mass is 473 g/mol. The molecule has 2 fully saturated rings. The summed E-state index contributed by atoms with van der Waals surface area (Å²) in [6.45, 7) is 5.48. The minimum absolute atomic E-state index is 0.0710. The van der Waals surface area contributed by atoms with Gasteiger partial charge in [0.05, 0.1) is 6.54 Å². The van der Waals surface area contributed by atoms with Gasteiger partial charge >= 0.3 is 0 Å². The largest absolute Gasteiger partial charge is 0.351 e. The number of anilines is 1. The number of nitrogens with zero attached hydrogens (tertiary/aromatic N) is 6. The van der Waals surface area contributed by atoms with Crippen LogP contribution in [-0.2, 0) is 9.59 Å². The van der Waals surface area contributed by atoms with E-state index in [2.05, 4.69) is 32.4 Å². The molecular formula is C26H31N7O2. The Morgan fingerprint density at radius 3 is 2.66 bits per heavy atom. The Bertz CT molecular complexity index is 1170. The molecule has 35 heavy (non-hydrogen) atoms. The number of carbonyl (C=O) groups is 2. The van der Waals surface area contributed by atoms with Crippen LogP contribution in [0.2, 0.25) is 0 Å². The molecule has 1 saturated heterocycles. The van der Waals surface area contributed by atoms with Crippen molar-refractivity contribution in [1.29, 1.82) is 0 Å². The molecule has 182 valence electrons. The van der Waals surface area contributed by atoms with Gasteiger partial charge < -0.3 is 15.1 Å². The number of nitrogens with one attached hydrogen (secondary N) is 1. The summed E-state index contributed by atoms with van der Waals surface area (Å²) in [6.07, 6.45) is 8.09. The smallest absolute Gasteiger partial charge is 0.244 e. The van der Waals surface area contributed by atoms with Gasteiger partial charge in [-0.1, -0.05) is 44.2 Å². The summed E-state index contributed by atoms with van der Waals surface area (Å²) in [5, 5.41) is 3.24. The molecule has 1 aliphatic heterocycles. The van der Waals surface area contributed by atoms with Crippen LogP contribution < -0.4 is 10.2 Å². The second-order valence-electron chi connectivity index (χ2n) is 9.72. The van der Waals surface area contributed by atoms with Crippen LogP contribution in [0, 0.1) is 5.92 Å². The number of benzene rings is 1. The van der Waals surface area contributed by atoms with Crippen molar-refractivity contribution in [3.63, 3.8) is 0 Å². The lowest BCUT2D eigenvalue weighted by atomic mass is 10.1. The zero-order valence-electron chi connectivity index (χ0n) is 20.1. The molecule has 2 aromatic heterocycles. The van der Waals surface area contributed by atoms with Crippen LogP contribution in [0.25, 0.3) is 5.82 Å². The average molecular weight is 474 g/mol. The molecule has 0 bridgehead atoms. The molecule has 2 aliphatic rings. The molecule has 1 N–H and O–H groups in total. The van der Waals surface area contributed by atoms with E-state index in [1.807, 2.05) is 54.1 Å². The Labute approximate surface area is 205 Å². The number of piperazine rings is 1. The number of carbonyl (C=O) groups excluding carboxylic acids is 2. The molecule has 0 radical (unpaired) electrons. The van der Waals surface area contributed by atoms with E-state index in [1.54, 1.807) is 17.1 Å². The molecule has 1 aliphatic carbocycles. The molecule has 3 heterocycles. The second-order valence-corrected chi connectivity index (χ2v) is 9.72. The first-order valence-electron chi connectivity index (χ1n) is 12.2. The molecular weight excluding hydrogens is 442 g/mol. The number of hydrogen-bond acceptors (Lipinski definition) is 6. The number of hydrogen-bond donors (Lipinski definition) is 1. The van der Waals surface area contributed by atoms with Gasteiger partial charge in [-0.05, 0) is 17.9 Å². The Balaban J connectivity index is 1.35. The highest BCUT2D eigenvalue weighted by Gasteiger charge is 2.42. The van der Waals surface area contributed by atoms with Crippen molar-refractivity contribution >= 4 is 17.6 Å². The Hall–Kier alpha value is -3.75. The van der Waals surface area contributed by atoms with Crippen LogP contribution in [-0.4, -0.2) is 68.0 Å². The lowest BCUT2D eigenvalue weighted by Crippen LogP contribution is -2.61. The third-order valence-corrected chi connectivity index (χ3v) is 6.67. The summed E-state index contributed by atoms with van der Waals surface area (Å²) in [6, 6.07) is 11.7. The molecule has 2 amide bonds. The normalized spacial score (nSPS) is 21.7. The van der Waals surface area contributed by atoms with Crippen LogP contribution in [0.1, 0.15) is 38.2 Å². The molecule has 3 atom stereocenters. The summed E-state index contributed by atoms with van der Waals surface area (Å²) in [4.78, 5) is 43.1. The minimum atomic E-state index is -0.526. The maximum Gasteiger partial charge on any atom is 0.244 e. The zero-order valence-corrected chi connectivity index (χ0v) is 20.1. The number of imidazole rings is 1. The zero-order chi connectivity index (χ0) is 24.4. The van der Waals surface area contributed by atoms with Crippen LogP contribution >= 0.6 is 0 Å². The van der Waals surface area contributed by atoms with Crippen LogP contribution in [0.5, 0.6) is 0 Å². The van der Waals surface area contributed by atoms with Gasteiger partial charge in [-0.25, -0.2) is 15.0 Å². The van der Waals surface area contributed by atoms with Gasteiger partial charge in [0.15, 0.2) is 0 Å². The van der Waals surface area contributed by atoms with Crippen molar-refractivity contribution in [2.45, 2.75) is 44.7 Å². The van der Waals surface area contributed by atoms with E-state index in [4.69, 9.17) is 0 Å². The number of aromatic nitrogens is 4. The number of rotatable bonds is 7. The first-order valence-corrected chi connectivity index (χ1v) is 12.2. The topological polar surface area (TPSA) is 96.2 Å². The fourth-order valence-electron chi connectivity index (χ4n) is 4.72. The van der Waals surface area contributed by atoms with E-state index in [-0.39, 0.29) is 23.8 Å². The highest BCUT2D eigenvalue weighted by Crippen LogP contribution is 2.40. The lowest BCUT2D eigenvalue weighted by Gasteiger charge is -2.41. The van der Waals surface area contributed by atoms with E-state index in [1.165, 1.54) is 11.9 Å². The predicted octanol–water partition coefficient (Wildman–Crippen LogP) is 2.40. The van der Waals surface area contributed by atoms with Crippen molar-refractivity contribution < 1.29 is 9.59 Å². The van der Waals surface area contributed by atoms with Crippen LogP contribution in [0.3, 0.4) is 0 Å². The number of amides is 2. The minimum Gasteiger partial charge on any atom is -0.351 e. The van der Waals surface area contributed by atoms with E-state index in [0.29, 0.717) is 43.6 Å². The summed E-state index contributed by atoms with van der Waals surface area (Å²) >= 11 is 0. The SMILES string of the molecule is CC(C)CC(=O)N1CCN(c2cc(-n3ccnc3)ncn2)C(C(=O)NC2CC2c2ccccc2)C1. The Kier molecular flexibility index (Phi) is 6.48. The average Bonchev–Trinajstić information content (AvgIpc) is 3.41. The van der Waals surface area contributed by atoms with E-state index in [0.717, 1.165) is 6.42 Å². The van der Waals surface area contributed by atoms with Crippen molar-refractivity contribution in [3.8, 4) is 5.82 Å². The highest BCUT2D eigenvalue weighted by atomic mass is 16.2. The molecule has 0 spiro atoms. The Morgan fingerprint density at radius 1 is 1.11 bits per heavy atom. The molecule has 9 heteroatoms. The summed E-state index contributed by atoms with van der Waals surface area (Å²) < 4.78 is 1.80. The molecule has 3 aromatic rings. The molecule has 5 rings (SSSR count). The molecule has 9 nitrogen and oxygen atoms in total. The van der Waals surface area contributed by atoms with Crippen molar-refractivity contribution in [3.05, 3.63) is 67.0 Å². The molecule has 1 saturated carbocycles. The quantitative estimate of drug-likeness (QED) is 0.566. The molecule has 1 aromatic carbocycles. The van der Waals surface area contributed by atoms with Gasteiger partial charge in [-0.3, -0.25) is 14.2 Å². The summed E-state index contributed by atoms with van der Waals surface area (Å²) in [5.74, 6) is 1.96. The van der Waals surface area contributed by atoms with E-state index >= 15 is 0 Å². The first-order chi connectivity index (χ1) is 17.0. The van der Waals surface area contributed by atoms with Crippen LogP contribution in [0.15, 0.2) is 61.4 Å². The van der Waals surface area contributed by atoms with Crippen molar-refractivity contribution in [1.82, 2.24) is 29.7 Å². The standard InChI is InChI=1S/C26H31N7O2/c1-18(2)12-25(34)31-10-11-33(24-14-23(28-16-29-24)32-9-8-27-17-32)22(15-31)26(35)30-21-13-20(21)19-6-4-3-5-7-19/h3-9,14,16-18,20-22H,10-13,15H2,1-2H3,(H,30,35). The van der Waals surface area contributed by atoms with Crippen molar-refractivity contribution in [2.24, 2.45) is 5.92 Å².